The molecule has 2 aromatic heterocycles. The van der Waals surface area contributed by atoms with Gasteiger partial charge in [-0.05, 0) is 43.5 Å². The standard InChI is InChI=1S/C21H24FN7O/c1-28(18-11-13-3-2-4-17(24-13)21(18)22)20-8-7-16(25-26-20)15-6-5-14(12-19(15)30)29-10-9-23-27-29/h5-10,12-13,17-18,21,24,30H,2-4,11H2,1H3/t13-,17+,18-,21+/m1/s1. The van der Waals surface area contributed by atoms with Crippen LogP contribution in [0.4, 0.5) is 10.2 Å². The molecule has 0 amide bonds. The van der Waals surface area contributed by atoms with E-state index in [4.69, 9.17) is 0 Å². The number of phenols is 1. The largest absolute Gasteiger partial charge is 0.507 e. The molecule has 30 heavy (non-hydrogen) atoms. The van der Waals surface area contributed by atoms with Gasteiger partial charge in [0, 0.05) is 30.8 Å². The van der Waals surface area contributed by atoms with E-state index in [9.17, 15) is 5.11 Å². The number of nitrogens with zero attached hydrogens (tertiary/aromatic N) is 6. The highest BCUT2D eigenvalue weighted by Gasteiger charge is 2.41. The van der Waals surface area contributed by atoms with Gasteiger partial charge in [0.15, 0.2) is 5.82 Å². The maximum absolute atomic E-state index is 15.0. The van der Waals surface area contributed by atoms with Crippen LogP contribution < -0.4 is 10.2 Å². The number of halogens is 1. The molecule has 9 heteroatoms. The molecule has 0 radical (unpaired) electrons. The van der Waals surface area contributed by atoms with Crippen LogP contribution in [0.15, 0.2) is 42.7 Å². The number of piperidine rings is 2. The minimum Gasteiger partial charge on any atom is -0.507 e. The van der Waals surface area contributed by atoms with Crippen molar-refractivity contribution in [3.05, 3.63) is 42.7 Å². The predicted octanol–water partition coefficient (Wildman–Crippen LogP) is 2.49. The van der Waals surface area contributed by atoms with E-state index in [1.54, 1.807) is 35.3 Å². The van der Waals surface area contributed by atoms with Crippen molar-refractivity contribution in [3.63, 3.8) is 0 Å². The van der Waals surface area contributed by atoms with Crippen molar-refractivity contribution in [2.24, 2.45) is 0 Å². The zero-order valence-corrected chi connectivity index (χ0v) is 16.7. The van der Waals surface area contributed by atoms with Crippen LogP contribution in [-0.2, 0) is 0 Å². The molecule has 0 saturated carbocycles. The van der Waals surface area contributed by atoms with E-state index in [1.807, 2.05) is 24.1 Å². The fourth-order valence-corrected chi connectivity index (χ4v) is 4.60. The normalized spacial score (nSPS) is 25.8. The van der Waals surface area contributed by atoms with Gasteiger partial charge in [0.25, 0.3) is 0 Å². The summed E-state index contributed by atoms with van der Waals surface area (Å²) in [7, 11) is 1.88. The van der Waals surface area contributed by atoms with Crippen LogP contribution in [-0.4, -0.2) is 61.6 Å². The van der Waals surface area contributed by atoms with Gasteiger partial charge in [0.1, 0.15) is 11.9 Å². The average Bonchev–Trinajstić information content (AvgIpc) is 3.31. The molecule has 0 aliphatic carbocycles. The molecular weight excluding hydrogens is 385 g/mol. The van der Waals surface area contributed by atoms with Crippen LogP contribution in [0.3, 0.4) is 0 Å². The zero-order valence-electron chi connectivity index (χ0n) is 16.7. The SMILES string of the molecule is CN(c1ccc(-c2ccc(-n3ccnn3)cc2O)nn1)[C@@H]1C[C@H]2CCC[C@H](N2)[C@@H]1F. The number of rotatable bonds is 4. The predicted molar refractivity (Wildman–Crippen MR) is 110 cm³/mol. The molecule has 3 aromatic rings. The summed E-state index contributed by atoms with van der Waals surface area (Å²) < 4.78 is 16.6. The number of anilines is 1. The summed E-state index contributed by atoms with van der Waals surface area (Å²) in [6.45, 7) is 0. The first kappa shape index (κ1) is 18.9. The molecule has 0 spiro atoms. The highest BCUT2D eigenvalue weighted by atomic mass is 19.1. The van der Waals surface area contributed by atoms with Gasteiger partial charge in [-0.25, -0.2) is 9.07 Å². The Balaban J connectivity index is 1.35. The first-order chi connectivity index (χ1) is 14.6. The molecule has 4 atom stereocenters. The van der Waals surface area contributed by atoms with Crippen LogP contribution in [0.25, 0.3) is 16.9 Å². The Morgan fingerprint density at radius 1 is 1.20 bits per heavy atom. The van der Waals surface area contributed by atoms with Gasteiger partial charge in [0.2, 0.25) is 0 Å². The number of hydrogen-bond acceptors (Lipinski definition) is 7. The van der Waals surface area contributed by atoms with Crippen molar-refractivity contribution in [1.29, 1.82) is 0 Å². The van der Waals surface area contributed by atoms with Crippen molar-refractivity contribution < 1.29 is 9.50 Å². The number of aromatic hydroxyl groups is 1. The highest BCUT2D eigenvalue weighted by Crippen LogP contribution is 2.33. The highest BCUT2D eigenvalue weighted by molar-refractivity contribution is 5.69. The van der Waals surface area contributed by atoms with Crippen LogP contribution in [0.5, 0.6) is 5.75 Å². The lowest BCUT2D eigenvalue weighted by molar-refractivity contribution is 0.107. The number of nitrogens with one attached hydrogen (secondary N) is 1. The summed E-state index contributed by atoms with van der Waals surface area (Å²) in [6, 6.07) is 8.92. The third kappa shape index (κ3) is 3.39. The number of aromatic nitrogens is 5. The van der Waals surface area contributed by atoms with Gasteiger partial charge in [-0.15, -0.1) is 15.3 Å². The third-order valence-corrected chi connectivity index (χ3v) is 6.25. The Bertz CT molecular complexity index is 1010. The topological polar surface area (TPSA) is 92.0 Å². The lowest BCUT2D eigenvalue weighted by Gasteiger charge is -2.46. The van der Waals surface area contributed by atoms with E-state index in [0.29, 0.717) is 28.8 Å². The van der Waals surface area contributed by atoms with Gasteiger partial charge in [-0.1, -0.05) is 11.6 Å². The first-order valence-electron chi connectivity index (χ1n) is 10.3. The van der Waals surface area contributed by atoms with Crippen LogP contribution in [0.2, 0.25) is 0 Å². The molecule has 0 unspecified atom stereocenters. The first-order valence-corrected chi connectivity index (χ1v) is 10.3. The number of fused-ring (bicyclic) bond motifs is 2. The molecule has 2 fully saturated rings. The van der Waals surface area contributed by atoms with E-state index in [-0.39, 0.29) is 17.8 Å². The van der Waals surface area contributed by atoms with Gasteiger partial charge >= 0.3 is 0 Å². The van der Waals surface area contributed by atoms with E-state index < -0.39 is 6.17 Å². The molecule has 2 aliphatic rings. The lowest BCUT2D eigenvalue weighted by atomic mass is 9.82. The van der Waals surface area contributed by atoms with E-state index in [0.717, 1.165) is 25.7 Å². The van der Waals surface area contributed by atoms with E-state index in [2.05, 4.69) is 25.8 Å². The third-order valence-electron chi connectivity index (χ3n) is 6.25. The van der Waals surface area contributed by atoms with Crippen molar-refractivity contribution in [2.75, 3.05) is 11.9 Å². The minimum atomic E-state index is -0.929. The number of alkyl halides is 1. The van der Waals surface area contributed by atoms with Crippen molar-refractivity contribution >= 4 is 5.82 Å². The van der Waals surface area contributed by atoms with Crippen molar-refractivity contribution in [2.45, 2.75) is 50.0 Å². The Morgan fingerprint density at radius 3 is 2.83 bits per heavy atom. The van der Waals surface area contributed by atoms with E-state index >= 15 is 4.39 Å². The summed E-state index contributed by atoms with van der Waals surface area (Å²) in [4.78, 5) is 1.90. The molecule has 5 rings (SSSR count). The van der Waals surface area contributed by atoms with Crippen LogP contribution >= 0.6 is 0 Å². The second-order valence-electron chi connectivity index (χ2n) is 8.09. The molecule has 2 saturated heterocycles. The number of benzene rings is 1. The summed E-state index contributed by atoms with van der Waals surface area (Å²) >= 11 is 0. The second kappa shape index (κ2) is 7.64. The summed E-state index contributed by atoms with van der Waals surface area (Å²) in [5.74, 6) is 0.707. The Hall–Kier alpha value is -3.07. The maximum Gasteiger partial charge on any atom is 0.151 e. The lowest BCUT2D eigenvalue weighted by Crippen LogP contribution is -2.61. The zero-order chi connectivity index (χ0) is 20.7. The second-order valence-corrected chi connectivity index (χ2v) is 8.09. The monoisotopic (exact) mass is 409 g/mol. The molecule has 1 aromatic carbocycles. The molecule has 156 valence electrons. The maximum atomic E-state index is 15.0. The van der Waals surface area contributed by atoms with Crippen molar-refractivity contribution in [1.82, 2.24) is 30.5 Å². The van der Waals surface area contributed by atoms with E-state index in [1.165, 1.54) is 0 Å². The molecule has 8 nitrogen and oxygen atoms in total. The van der Waals surface area contributed by atoms with Crippen LogP contribution in [0, 0.1) is 0 Å². The van der Waals surface area contributed by atoms with Crippen molar-refractivity contribution in [3.8, 4) is 22.7 Å². The Morgan fingerprint density at radius 2 is 2.10 bits per heavy atom. The smallest absolute Gasteiger partial charge is 0.151 e. The molecule has 2 N–H and O–H groups in total. The fraction of sp³-hybridized carbons (Fsp3) is 0.429. The average molecular weight is 409 g/mol. The molecular formula is C21H24FN7O. The summed E-state index contributed by atoms with van der Waals surface area (Å²) in [5, 5.41) is 30.2. The fourth-order valence-electron chi connectivity index (χ4n) is 4.60. The molecule has 2 aliphatic heterocycles. The number of phenolic OH excluding ortho intramolecular Hbond substituents is 1. The Kier molecular flexibility index (Phi) is 4.82. The summed E-state index contributed by atoms with van der Waals surface area (Å²) in [5.41, 5.74) is 1.82. The summed E-state index contributed by atoms with van der Waals surface area (Å²) in [6.07, 6.45) is 6.18. The van der Waals surface area contributed by atoms with Gasteiger partial charge in [-0.3, -0.25) is 0 Å². The minimum absolute atomic E-state index is 0.0716. The quantitative estimate of drug-likeness (QED) is 0.684. The van der Waals surface area contributed by atoms with Gasteiger partial charge in [0.05, 0.1) is 29.8 Å². The van der Waals surface area contributed by atoms with Crippen LogP contribution in [0.1, 0.15) is 25.7 Å². The number of hydrogen-bond donors (Lipinski definition) is 2. The van der Waals surface area contributed by atoms with Gasteiger partial charge < -0.3 is 15.3 Å². The Labute approximate surface area is 173 Å². The molecule has 4 heterocycles. The van der Waals surface area contributed by atoms with Gasteiger partial charge in [-0.2, -0.15) is 0 Å². The molecule has 2 bridgehead atoms.